The lowest BCUT2D eigenvalue weighted by Crippen LogP contribution is -2.01. The molecule has 0 amide bonds. The summed E-state index contributed by atoms with van der Waals surface area (Å²) in [5.74, 6) is 1.15. The predicted octanol–water partition coefficient (Wildman–Crippen LogP) is 5.46. The van der Waals surface area contributed by atoms with E-state index < -0.39 is 5.97 Å². The number of carboxylic acid groups (broad SMARTS) is 1. The van der Waals surface area contributed by atoms with Crippen molar-refractivity contribution < 1.29 is 19.4 Å². The van der Waals surface area contributed by atoms with Gasteiger partial charge < -0.3 is 14.6 Å². The summed E-state index contributed by atoms with van der Waals surface area (Å²) < 4.78 is 11.2. The second-order valence-electron chi connectivity index (χ2n) is 6.46. The summed E-state index contributed by atoms with van der Waals surface area (Å²) in [7, 11) is 3.42. The van der Waals surface area contributed by atoms with Crippen LogP contribution in [0.2, 0.25) is 0 Å². The quantitative estimate of drug-likeness (QED) is 0.540. The molecule has 0 fully saturated rings. The molecule has 0 aliphatic heterocycles. The van der Waals surface area contributed by atoms with Gasteiger partial charge in [0.15, 0.2) is 0 Å². The van der Waals surface area contributed by atoms with Crippen LogP contribution >= 0.6 is 0 Å². The van der Waals surface area contributed by atoms with Gasteiger partial charge >= 0.3 is 5.97 Å². The number of methoxy groups -OCH3 is 2. The lowest BCUT2D eigenvalue weighted by atomic mass is 9.96. The van der Waals surface area contributed by atoms with Crippen LogP contribution in [0.25, 0.3) is 6.08 Å². The smallest absolute Gasteiger partial charge is 0.303 e. The Morgan fingerprint density at radius 2 is 1.44 bits per heavy atom. The summed E-state index contributed by atoms with van der Waals surface area (Å²) in [5, 5.41) is 8.61. The van der Waals surface area contributed by atoms with E-state index in [-0.39, 0.29) is 6.42 Å². The van der Waals surface area contributed by atoms with Crippen molar-refractivity contribution >= 4 is 12.0 Å². The largest absolute Gasteiger partial charge is 0.496 e. The number of unbranched alkanes of at least 4 members (excludes halogenated alkanes) is 5. The molecule has 0 bridgehead atoms. The van der Waals surface area contributed by atoms with Crippen molar-refractivity contribution in [2.45, 2.75) is 65.7 Å². The summed E-state index contributed by atoms with van der Waals surface area (Å²) in [5.41, 5.74) is 4.43. The Hall–Kier alpha value is -1.97. The second-order valence-corrected chi connectivity index (χ2v) is 6.46. The van der Waals surface area contributed by atoms with Gasteiger partial charge in [-0.1, -0.05) is 31.4 Å². The zero-order valence-corrected chi connectivity index (χ0v) is 16.3. The van der Waals surface area contributed by atoms with Gasteiger partial charge in [0.05, 0.1) is 14.2 Å². The van der Waals surface area contributed by atoms with Gasteiger partial charge in [0.25, 0.3) is 0 Å². The van der Waals surface area contributed by atoms with Crippen molar-refractivity contribution in [1.82, 2.24) is 0 Å². The molecule has 0 radical (unpaired) electrons. The highest BCUT2D eigenvalue weighted by Crippen LogP contribution is 2.38. The third-order valence-corrected chi connectivity index (χ3v) is 4.69. The maximum absolute atomic E-state index is 10.5. The Bertz CT molecular complexity index is 603. The molecule has 0 heterocycles. The molecule has 4 heteroatoms. The van der Waals surface area contributed by atoms with Crippen molar-refractivity contribution in [3.05, 3.63) is 28.3 Å². The number of hydrogen-bond acceptors (Lipinski definition) is 3. The van der Waals surface area contributed by atoms with Crippen LogP contribution in [0.3, 0.4) is 0 Å². The number of carboxylic acids is 1. The number of benzene rings is 1. The van der Waals surface area contributed by atoms with Gasteiger partial charge in [0.2, 0.25) is 0 Å². The molecule has 1 N–H and O–H groups in total. The van der Waals surface area contributed by atoms with Crippen LogP contribution in [-0.4, -0.2) is 25.3 Å². The first-order valence-corrected chi connectivity index (χ1v) is 9.04. The van der Waals surface area contributed by atoms with Gasteiger partial charge in [-0.3, -0.25) is 4.79 Å². The van der Waals surface area contributed by atoms with Crippen LogP contribution in [0.15, 0.2) is 6.08 Å². The maximum Gasteiger partial charge on any atom is 0.303 e. The van der Waals surface area contributed by atoms with Crippen molar-refractivity contribution in [2.75, 3.05) is 14.2 Å². The number of carbonyl (C=O) groups is 1. The standard InChI is InChI=1S/C21H32O4/c1-15-16(2)21(25-5)18(17(3)20(15)24-4)13-11-9-7-6-8-10-12-14-19(22)23/h11,13H,6-10,12,14H2,1-5H3,(H,22,23). The molecule has 0 saturated carbocycles. The first kappa shape index (κ1) is 21.1. The molecule has 4 nitrogen and oxygen atoms in total. The van der Waals surface area contributed by atoms with E-state index in [1.165, 1.54) is 0 Å². The number of allylic oxidation sites excluding steroid dienone is 1. The van der Waals surface area contributed by atoms with Gasteiger partial charge in [0.1, 0.15) is 11.5 Å². The summed E-state index contributed by atoms with van der Waals surface area (Å²) in [6.45, 7) is 6.18. The number of aliphatic carboxylic acids is 1. The van der Waals surface area contributed by atoms with Gasteiger partial charge in [-0.05, 0) is 51.2 Å². The van der Waals surface area contributed by atoms with E-state index in [0.717, 1.165) is 72.3 Å². The maximum atomic E-state index is 10.5. The third kappa shape index (κ3) is 6.11. The number of ether oxygens (including phenoxy) is 2. The van der Waals surface area contributed by atoms with Crippen LogP contribution in [0, 0.1) is 20.8 Å². The van der Waals surface area contributed by atoms with E-state index in [1.54, 1.807) is 14.2 Å². The normalized spacial score (nSPS) is 11.1. The molecule has 1 rings (SSSR count). The molecule has 0 spiro atoms. The molecule has 0 unspecified atom stereocenters. The van der Waals surface area contributed by atoms with E-state index >= 15 is 0 Å². The Balaban J connectivity index is 2.60. The molecule has 1 aromatic carbocycles. The topological polar surface area (TPSA) is 55.8 Å². The van der Waals surface area contributed by atoms with Crippen molar-refractivity contribution in [1.29, 1.82) is 0 Å². The van der Waals surface area contributed by atoms with E-state index in [9.17, 15) is 4.79 Å². The number of hydrogen-bond donors (Lipinski definition) is 1. The zero-order valence-electron chi connectivity index (χ0n) is 16.3. The van der Waals surface area contributed by atoms with Gasteiger partial charge in [-0.25, -0.2) is 0 Å². The Morgan fingerprint density at radius 1 is 0.880 bits per heavy atom. The van der Waals surface area contributed by atoms with Gasteiger partial charge in [-0.2, -0.15) is 0 Å². The van der Waals surface area contributed by atoms with E-state index in [1.807, 2.05) is 0 Å². The lowest BCUT2D eigenvalue weighted by Gasteiger charge is -2.18. The first-order valence-electron chi connectivity index (χ1n) is 9.04. The minimum Gasteiger partial charge on any atom is -0.496 e. The minimum atomic E-state index is -0.698. The highest BCUT2D eigenvalue weighted by molar-refractivity contribution is 5.69. The van der Waals surface area contributed by atoms with Crippen LogP contribution in [0.4, 0.5) is 0 Å². The summed E-state index contributed by atoms with van der Waals surface area (Å²) in [6, 6.07) is 0. The molecular formula is C21H32O4. The van der Waals surface area contributed by atoms with Crippen molar-refractivity contribution in [2.24, 2.45) is 0 Å². The second kappa shape index (κ2) is 10.8. The molecule has 0 aromatic heterocycles. The molecule has 0 atom stereocenters. The Morgan fingerprint density at radius 3 is 2.04 bits per heavy atom. The lowest BCUT2D eigenvalue weighted by molar-refractivity contribution is -0.137. The molecule has 0 saturated heterocycles. The van der Waals surface area contributed by atoms with Crippen LogP contribution in [0.5, 0.6) is 11.5 Å². The van der Waals surface area contributed by atoms with Gasteiger partial charge in [0, 0.05) is 17.5 Å². The minimum absolute atomic E-state index is 0.285. The summed E-state index contributed by atoms with van der Waals surface area (Å²) in [4.78, 5) is 10.5. The molecule has 140 valence electrons. The molecule has 25 heavy (non-hydrogen) atoms. The summed E-state index contributed by atoms with van der Waals surface area (Å²) >= 11 is 0. The average Bonchev–Trinajstić information content (AvgIpc) is 2.58. The van der Waals surface area contributed by atoms with Crippen molar-refractivity contribution in [3.63, 3.8) is 0 Å². The fraction of sp³-hybridized carbons (Fsp3) is 0.571. The SMILES string of the molecule is COc1c(C)c(C)c(OC)c(C=CCCCCCCCC(=O)O)c1C. The number of rotatable bonds is 11. The third-order valence-electron chi connectivity index (χ3n) is 4.69. The monoisotopic (exact) mass is 348 g/mol. The summed E-state index contributed by atoms with van der Waals surface area (Å²) in [6.07, 6.45) is 10.7. The molecule has 0 aliphatic rings. The fourth-order valence-corrected chi connectivity index (χ4v) is 3.16. The Kier molecular flexibility index (Phi) is 9.11. The first-order chi connectivity index (χ1) is 11.9. The van der Waals surface area contributed by atoms with E-state index in [2.05, 4.69) is 32.9 Å². The van der Waals surface area contributed by atoms with Gasteiger partial charge in [-0.15, -0.1) is 0 Å². The fourth-order valence-electron chi connectivity index (χ4n) is 3.16. The molecular weight excluding hydrogens is 316 g/mol. The highest BCUT2D eigenvalue weighted by Gasteiger charge is 2.16. The predicted molar refractivity (Wildman–Crippen MR) is 103 cm³/mol. The van der Waals surface area contributed by atoms with Crippen LogP contribution in [0.1, 0.15) is 67.2 Å². The highest BCUT2D eigenvalue weighted by atomic mass is 16.5. The van der Waals surface area contributed by atoms with E-state index in [4.69, 9.17) is 14.6 Å². The van der Waals surface area contributed by atoms with Crippen molar-refractivity contribution in [3.8, 4) is 11.5 Å². The zero-order chi connectivity index (χ0) is 18.8. The Labute approximate surface area is 151 Å². The van der Waals surface area contributed by atoms with E-state index in [0.29, 0.717) is 0 Å². The molecule has 0 aliphatic carbocycles. The average molecular weight is 348 g/mol. The molecule has 1 aromatic rings. The van der Waals surface area contributed by atoms with Crippen LogP contribution in [-0.2, 0) is 4.79 Å². The van der Waals surface area contributed by atoms with Crippen LogP contribution < -0.4 is 9.47 Å².